The van der Waals surface area contributed by atoms with Crippen molar-refractivity contribution in [2.75, 3.05) is 0 Å². The molecule has 0 radical (unpaired) electrons. The zero-order valence-electron chi connectivity index (χ0n) is 18.3. The maximum absolute atomic E-state index is 6.30. The monoisotopic (exact) mass is 462 g/mol. The molecule has 6 rings (SSSR count). The second-order valence-corrected chi connectivity index (χ2v) is 7.60. The van der Waals surface area contributed by atoms with Crippen LogP contribution in [0, 0.1) is 0 Å². The van der Waals surface area contributed by atoms with Crippen molar-refractivity contribution in [1.29, 1.82) is 0 Å². The average molecular weight is 462 g/mol. The number of hydrogen-bond donors (Lipinski definition) is 1. The van der Waals surface area contributed by atoms with Crippen LogP contribution in [0.5, 0.6) is 5.75 Å². The van der Waals surface area contributed by atoms with Crippen LogP contribution in [-0.2, 0) is 6.61 Å². The Morgan fingerprint density at radius 2 is 1.54 bits per heavy atom. The predicted molar refractivity (Wildman–Crippen MR) is 127 cm³/mol. The van der Waals surface area contributed by atoms with Crippen LogP contribution in [0.3, 0.4) is 0 Å². The van der Waals surface area contributed by atoms with E-state index >= 15 is 0 Å². The van der Waals surface area contributed by atoms with Crippen LogP contribution in [0.4, 0.5) is 0 Å². The molecule has 0 amide bonds. The zero-order chi connectivity index (χ0) is 23.5. The third kappa shape index (κ3) is 4.18. The number of ether oxygens (including phenoxy) is 1. The Bertz CT molecular complexity index is 1490. The quantitative estimate of drug-likeness (QED) is 0.334. The van der Waals surface area contributed by atoms with E-state index in [1.165, 1.54) is 6.39 Å². The summed E-state index contributed by atoms with van der Waals surface area (Å²) in [6.07, 6.45) is 1.38. The number of oxazole rings is 2. The van der Waals surface area contributed by atoms with Crippen LogP contribution < -0.4 is 4.74 Å². The summed E-state index contributed by atoms with van der Waals surface area (Å²) in [6.45, 7) is 0.184. The third-order valence-corrected chi connectivity index (χ3v) is 5.33. The number of aromatic nitrogens is 6. The minimum absolute atomic E-state index is 0.184. The molecule has 0 saturated heterocycles. The van der Waals surface area contributed by atoms with E-state index in [1.807, 2.05) is 84.9 Å². The minimum Gasteiger partial charge on any atom is -0.485 e. The van der Waals surface area contributed by atoms with Crippen LogP contribution in [0.25, 0.3) is 45.5 Å². The maximum atomic E-state index is 6.30. The molecule has 9 heteroatoms. The van der Waals surface area contributed by atoms with Gasteiger partial charge < -0.3 is 13.6 Å². The van der Waals surface area contributed by atoms with E-state index in [9.17, 15) is 0 Å². The largest absolute Gasteiger partial charge is 0.485 e. The minimum atomic E-state index is 0.184. The molecule has 9 nitrogen and oxygen atoms in total. The number of nitrogens with one attached hydrogen (secondary N) is 1. The molecule has 0 aliphatic carbocycles. The van der Waals surface area contributed by atoms with Gasteiger partial charge in [-0.25, -0.2) is 9.97 Å². The van der Waals surface area contributed by atoms with Crippen molar-refractivity contribution in [3.05, 3.63) is 97.1 Å². The van der Waals surface area contributed by atoms with E-state index in [2.05, 4.69) is 25.6 Å². The Balaban J connectivity index is 1.38. The van der Waals surface area contributed by atoms with Crippen LogP contribution in [-0.4, -0.2) is 30.6 Å². The molecule has 6 aromatic rings. The number of tetrazole rings is 1. The van der Waals surface area contributed by atoms with Crippen LogP contribution in [0.1, 0.15) is 5.82 Å². The lowest BCUT2D eigenvalue weighted by Gasteiger charge is -2.05. The number of nitrogens with zero attached hydrogens (tertiary/aromatic N) is 5. The van der Waals surface area contributed by atoms with Crippen molar-refractivity contribution >= 4 is 0 Å². The molecule has 0 fully saturated rings. The highest BCUT2D eigenvalue weighted by molar-refractivity contribution is 5.81. The lowest BCUT2D eigenvalue weighted by atomic mass is 10.1. The Labute approximate surface area is 199 Å². The first-order chi connectivity index (χ1) is 17.3. The van der Waals surface area contributed by atoms with E-state index in [-0.39, 0.29) is 6.61 Å². The molecule has 0 aliphatic heterocycles. The van der Waals surface area contributed by atoms with Gasteiger partial charge in [-0.3, -0.25) is 0 Å². The van der Waals surface area contributed by atoms with Crippen LogP contribution in [0.2, 0.25) is 0 Å². The molecule has 0 aliphatic rings. The first-order valence-corrected chi connectivity index (χ1v) is 10.9. The molecule has 1 N–H and O–H groups in total. The first-order valence-electron chi connectivity index (χ1n) is 10.9. The fourth-order valence-corrected chi connectivity index (χ4v) is 3.72. The Morgan fingerprint density at radius 3 is 2.31 bits per heavy atom. The molecule has 0 spiro atoms. The normalized spacial score (nSPS) is 11.0. The van der Waals surface area contributed by atoms with Crippen molar-refractivity contribution in [3.8, 4) is 51.2 Å². The summed E-state index contributed by atoms with van der Waals surface area (Å²) in [6, 6.07) is 27.3. The SMILES string of the molecule is c1ccc(-c2nc(-c3ncoc3-c3cccc(OCc4nn[nH]n4)c3)oc2-c2ccccc2)cc1. The summed E-state index contributed by atoms with van der Waals surface area (Å²) < 4.78 is 17.8. The molecule has 3 heterocycles. The number of aromatic amines is 1. The van der Waals surface area contributed by atoms with Crippen molar-refractivity contribution in [3.63, 3.8) is 0 Å². The van der Waals surface area contributed by atoms with Crippen molar-refractivity contribution in [2.24, 2.45) is 0 Å². The molecule has 170 valence electrons. The van der Waals surface area contributed by atoms with Gasteiger partial charge in [-0.2, -0.15) is 5.21 Å². The van der Waals surface area contributed by atoms with Crippen molar-refractivity contribution in [1.82, 2.24) is 30.6 Å². The van der Waals surface area contributed by atoms with Gasteiger partial charge in [0.1, 0.15) is 11.4 Å². The van der Waals surface area contributed by atoms with Gasteiger partial charge >= 0.3 is 0 Å². The third-order valence-electron chi connectivity index (χ3n) is 5.33. The summed E-state index contributed by atoms with van der Waals surface area (Å²) in [5, 5.41) is 13.7. The highest BCUT2D eigenvalue weighted by Gasteiger charge is 2.23. The maximum Gasteiger partial charge on any atom is 0.250 e. The molecule has 0 atom stereocenters. The van der Waals surface area contributed by atoms with E-state index in [0.717, 1.165) is 22.4 Å². The van der Waals surface area contributed by atoms with Gasteiger partial charge in [0, 0.05) is 16.7 Å². The fraction of sp³-hybridized carbons (Fsp3) is 0.0385. The van der Waals surface area contributed by atoms with Gasteiger partial charge in [0.15, 0.2) is 30.2 Å². The van der Waals surface area contributed by atoms with E-state index < -0.39 is 0 Å². The van der Waals surface area contributed by atoms with Gasteiger partial charge in [0.05, 0.1) is 0 Å². The summed E-state index contributed by atoms with van der Waals surface area (Å²) in [4.78, 5) is 9.26. The molecule has 3 aromatic carbocycles. The van der Waals surface area contributed by atoms with E-state index in [0.29, 0.717) is 34.7 Å². The Morgan fingerprint density at radius 1 is 0.771 bits per heavy atom. The lowest BCUT2D eigenvalue weighted by molar-refractivity contribution is 0.296. The molecule has 3 aromatic heterocycles. The highest BCUT2D eigenvalue weighted by Crippen LogP contribution is 2.39. The molecular formula is C26H18N6O3. The van der Waals surface area contributed by atoms with E-state index in [1.54, 1.807) is 0 Å². The Kier molecular flexibility index (Phi) is 5.32. The van der Waals surface area contributed by atoms with Gasteiger partial charge in [-0.15, -0.1) is 10.2 Å². The topological polar surface area (TPSA) is 116 Å². The molecule has 0 bridgehead atoms. The smallest absolute Gasteiger partial charge is 0.250 e. The molecule has 0 saturated carbocycles. The number of rotatable bonds is 7. The summed E-state index contributed by atoms with van der Waals surface area (Å²) in [7, 11) is 0. The average Bonchev–Trinajstić information content (AvgIpc) is 3.69. The van der Waals surface area contributed by atoms with Gasteiger partial charge in [0.25, 0.3) is 0 Å². The van der Waals surface area contributed by atoms with Gasteiger partial charge in [0.2, 0.25) is 11.7 Å². The second kappa shape index (κ2) is 9.06. The summed E-state index contributed by atoms with van der Waals surface area (Å²) in [5.41, 5.74) is 3.87. The van der Waals surface area contributed by atoms with E-state index in [4.69, 9.17) is 18.6 Å². The molecule has 35 heavy (non-hydrogen) atoms. The van der Waals surface area contributed by atoms with Crippen molar-refractivity contribution < 1.29 is 13.6 Å². The van der Waals surface area contributed by atoms with Crippen molar-refractivity contribution in [2.45, 2.75) is 6.61 Å². The standard InChI is InChI=1S/C26H18N6O3/c1-3-8-17(9-4-1)22-25(18-10-5-2-6-11-18)35-26(28-22)23-24(34-16-27-23)19-12-7-13-20(14-19)33-15-21-29-31-32-30-21/h1-14,16H,15H2,(H,29,30,31,32). The van der Waals surface area contributed by atoms with Gasteiger partial charge in [-0.05, 0) is 12.1 Å². The fourth-order valence-electron chi connectivity index (χ4n) is 3.72. The van der Waals surface area contributed by atoms with Crippen LogP contribution in [0.15, 0.2) is 100 Å². The number of hydrogen-bond acceptors (Lipinski definition) is 8. The summed E-state index contributed by atoms with van der Waals surface area (Å²) >= 11 is 0. The number of H-pyrrole nitrogens is 1. The second-order valence-electron chi connectivity index (χ2n) is 7.60. The first kappa shape index (κ1) is 20.5. The lowest BCUT2D eigenvalue weighted by Crippen LogP contribution is -1.97. The Hall–Kier alpha value is -5.05. The molecular weight excluding hydrogens is 444 g/mol. The summed E-state index contributed by atoms with van der Waals surface area (Å²) in [5.74, 6) is 2.63. The zero-order valence-corrected chi connectivity index (χ0v) is 18.3. The highest BCUT2D eigenvalue weighted by atomic mass is 16.5. The molecule has 0 unspecified atom stereocenters. The van der Waals surface area contributed by atoms with Crippen LogP contribution >= 0.6 is 0 Å². The predicted octanol–water partition coefficient (Wildman–Crippen LogP) is 5.42. The number of benzene rings is 3. The van der Waals surface area contributed by atoms with Gasteiger partial charge in [-0.1, -0.05) is 78.0 Å².